The molecule has 0 aromatic heterocycles. The minimum absolute atomic E-state index is 0.337. The third-order valence-corrected chi connectivity index (χ3v) is 5.67. The molecule has 0 saturated heterocycles. The molecule has 17 heavy (non-hydrogen) atoms. The van der Waals surface area contributed by atoms with Gasteiger partial charge >= 0.3 is 0 Å². The number of alkyl halides is 1. The summed E-state index contributed by atoms with van der Waals surface area (Å²) in [7, 11) is -3.13. The fraction of sp³-hybridized carbons (Fsp3) is 0.500. The normalized spacial score (nSPS) is 13.9. The molecule has 0 heterocycles. The smallest absolute Gasteiger partial charge is 0.213 e. The van der Waals surface area contributed by atoms with Gasteiger partial charge < -0.3 is 0 Å². The van der Waals surface area contributed by atoms with Crippen LogP contribution in [0.25, 0.3) is 0 Å². The monoisotopic (exact) mass is 367 g/mol. The van der Waals surface area contributed by atoms with Crippen molar-refractivity contribution in [2.75, 3.05) is 6.54 Å². The largest absolute Gasteiger partial charge is 0.215 e. The number of rotatable bonds is 6. The van der Waals surface area contributed by atoms with Crippen LogP contribution in [0.15, 0.2) is 30.3 Å². The average molecular weight is 367 g/mol. The lowest BCUT2D eigenvalue weighted by Gasteiger charge is -2.12. The van der Waals surface area contributed by atoms with Crippen LogP contribution in [0.2, 0.25) is 0 Å². The van der Waals surface area contributed by atoms with Gasteiger partial charge in [-0.1, -0.05) is 52.9 Å². The van der Waals surface area contributed by atoms with Crippen molar-refractivity contribution in [2.45, 2.75) is 29.4 Å². The van der Waals surface area contributed by atoms with Crippen LogP contribution >= 0.6 is 22.6 Å². The summed E-state index contributed by atoms with van der Waals surface area (Å²) < 4.78 is 26.0. The van der Waals surface area contributed by atoms with Gasteiger partial charge in [-0.2, -0.15) is 0 Å². The third-order valence-electron chi connectivity index (χ3n) is 2.48. The molecule has 96 valence electrons. The third kappa shape index (κ3) is 4.93. The Morgan fingerprint density at radius 1 is 1.24 bits per heavy atom. The van der Waals surface area contributed by atoms with Crippen LogP contribution < -0.4 is 4.72 Å². The van der Waals surface area contributed by atoms with Crippen LogP contribution in [0.3, 0.4) is 0 Å². The lowest BCUT2D eigenvalue weighted by atomic mass is 10.1. The highest BCUT2D eigenvalue weighted by Gasteiger charge is 2.15. The first kappa shape index (κ1) is 14.9. The Labute approximate surface area is 117 Å². The molecule has 0 bridgehead atoms. The van der Waals surface area contributed by atoms with E-state index < -0.39 is 10.0 Å². The summed E-state index contributed by atoms with van der Waals surface area (Å²) >= 11 is 2.34. The lowest BCUT2D eigenvalue weighted by molar-refractivity contribution is 0.570. The average Bonchev–Trinajstić information content (AvgIpc) is 2.29. The van der Waals surface area contributed by atoms with E-state index in [1.165, 1.54) is 5.56 Å². The van der Waals surface area contributed by atoms with Gasteiger partial charge in [0, 0.05) is 10.5 Å². The Balaban J connectivity index is 2.43. The molecule has 3 nitrogen and oxygen atoms in total. The first-order valence-electron chi connectivity index (χ1n) is 5.61. The summed E-state index contributed by atoms with van der Waals surface area (Å²) in [6, 6.07) is 10.1. The van der Waals surface area contributed by atoms with E-state index in [4.69, 9.17) is 0 Å². The molecule has 5 heteroatoms. The van der Waals surface area contributed by atoms with Crippen LogP contribution in [0.4, 0.5) is 0 Å². The second-order valence-electron chi connectivity index (χ2n) is 4.15. The number of nitrogens with one attached hydrogen (secondary N) is 1. The molecule has 0 spiro atoms. The van der Waals surface area contributed by atoms with E-state index in [1.807, 2.05) is 18.2 Å². The molecule has 0 fully saturated rings. The zero-order valence-corrected chi connectivity index (χ0v) is 13.0. The van der Waals surface area contributed by atoms with Crippen molar-refractivity contribution in [3.05, 3.63) is 35.9 Å². The second kappa shape index (κ2) is 6.70. The maximum absolute atomic E-state index is 11.5. The summed E-state index contributed by atoms with van der Waals surface area (Å²) in [6.07, 6.45) is 0.802. The Bertz CT molecular complexity index is 431. The first-order valence-corrected chi connectivity index (χ1v) is 8.40. The number of benzene rings is 1. The molecule has 0 amide bonds. The maximum atomic E-state index is 11.5. The summed E-state index contributed by atoms with van der Waals surface area (Å²) in [5.41, 5.74) is 1.23. The van der Waals surface area contributed by atoms with Gasteiger partial charge in [-0.15, -0.1) is 0 Å². The molecule has 1 aromatic carbocycles. The van der Waals surface area contributed by atoms with Crippen molar-refractivity contribution in [3.8, 4) is 0 Å². The molecule has 0 aliphatic heterocycles. The molecule has 0 radical (unpaired) electrons. The summed E-state index contributed by atoms with van der Waals surface area (Å²) in [4.78, 5) is 0. The Morgan fingerprint density at radius 2 is 1.82 bits per heavy atom. The van der Waals surface area contributed by atoms with Crippen molar-refractivity contribution < 1.29 is 8.42 Å². The van der Waals surface area contributed by atoms with Gasteiger partial charge in [0.1, 0.15) is 0 Å². The van der Waals surface area contributed by atoms with Crippen molar-refractivity contribution >= 4 is 32.6 Å². The highest BCUT2D eigenvalue weighted by Crippen LogP contribution is 2.26. The van der Waals surface area contributed by atoms with Crippen LogP contribution in [0.5, 0.6) is 0 Å². The highest BCUT2D eigenvalue weighted by atomic mass is 127. The van der Waals surface area contributed by atoms with E-state index in [2.05, 4.69) is 39.4 Å². The molecular formula is C12H18INO2S. The predicted molar refractivity (Wildman–Crippen MR) is 79.9 cm³/mol. The minimum Gasteiger partial charge on any atom is -0.215 e. The lowest BCUT2D eigenvalue weighted by Crippen LogP contribution is -2.31. The molecule has 1 aromatic rings. The molecule has 0 saturated carbocycles. The van der Waals surface area contributed by atoms with Crippen molar-refractivity contribution in [3.63, 3.8) is 0 Å². The van der Waals surface area contributed by atoms with E-state index in [0.717, 1.165) is 6.42 Å². The fourth-order valence-corrected chi connectivity index (χ4v) is 2.79. The minimum atomic E-state index is -3.13. The topological polar surface area (TPSA) is 46.2 Å². The number of hydrogen-bond donors (Lipinski definition) is 1. The molecule has 0 aliphatic carbocycles. The van der Waals surface area contributed by atoms with Crippen LogP contribution in [0, 0.1) is 0 Å². The van der Waals surface area contributed by atoms with Crippen LogP contribution in [-0.2, 0) is 10.0 Å². The Kier molecular flexibility index (Phi) is 5.88. The Hall–Kier alpha value is -0.140. The molecule has 1 unspecified atom stereocenters. The number of sulfonamides is 1. The standard InChI is InChI=1S/C12H18INO2S/c1-10(2)17(15,16)14-9-8-12(13)11-6-4-3-5-7-11/h3-7,10,12,14H,8-9H2,1-2H3. The van der Waals surface area contributed by atoms with Crippen LogP contribution in [-0.4, -0.2) is 20.2 Å². The fourth-order valence-electron chi connectivity index (χ4n) is 1.32. The van der Waals surface area contributed by atoms with Gasteiger partial charge in [-0.3, -0.25) is 0 Å². The Morgan fingerprint density at radius 3 is 2.35 bits per heavy atom. The first-order chi connectivity index (χ1) is 7.93. The van der Waals surface area contributed by atoms with E-state index in [9.17, 15) is 8.42 Å². The van der Waals surface area contributed by atoms with Gasteiger partial charge in [0.15, 0.2) is 0 Å². The van der Waals surface area contributed by atoms with Gasteiger partial charge in [-0.25, -0.2) is 13.1 Å². The summed E-state index contributed by atoms with van der Waals surface area (Å²) in [6.45, 7) is 3.85. The van der Waals surface area contributed by atoms with Crippen molar-refractivity contribution in [1.29, 1.82) is 0 Å². The quantitative estimate of drug-likeness (QED) is 0.621. The maximum Gasteiger partial charge on any atom is 0.213 e. The second-order valence-corrected chi connectivity index (χ2v) is 7.98. The number of hydrogen-bond acceptors (Lipinski definition) is 2. The van der Waals surface area contributed by atoms with E-state index >= 15 is 0 Å². The number of halogens is 1. The molecule has 0 aliphatic rings. The van der Waals surface area contributed by atoms with Crippen LogP contribution in [0.1, 0.15) is 29.8 Å². The molecule has 1 atom stereocenters. The van der Waals surface area contributed by atoms with Crippen molar-refractivity contribution in [2.24, 2.45) is 0 Å². The van der Waals surface area contributed by atoms with Gasteiger partial charge in [0.25, 0.3) is 0 Å². The predicted octanol–water partition coefficient (Wildman–Crippen LogP) is 2.88. The highest BCUT2D eigenvalue weighted by molar-refractivity contribution is 14.1. The zero-order valence-electron chi connectivity index (χ0n) is 10.1. The molecule has 1 N–H and O–H groups in total. The van der Waals surface area contributed by atoms with Gasteiger partial charge in [0.2, 0.25) is 10.0 Å². The van der Waals surface area contributed by atoms with E-state index in [-0.39, 0.29) is 5.25 Å². The van der Waals surface area contributed by atoms with E-state index in [1.54, 1.807) is 13.8 Å². The van der Waals surface area contributed by atoms with Gasteiger partial charge in [0.05, 0.1) is 5.25 Å². The summed E-state index contributed by atoms with van der Waals surface area (Å²) in [5.74, 6) is 0. The van der Waals surface area contributed by atoms with Gasteiger partial charge in [-0.05, 0) is 25.8 Å². The SMILES string of the molecule is CC(C)S(=O)(=O)NCCC(I)c1ccccc1. The van der Waals surface area contributed by atoms with Crippen molar-refractivity contribution in [1.82, 2.24) is 4.72 Å². The zero-order chi connectivity index (χ0) is 12.9. The molecular weight excluding hydrogens is 349 g/mol. The molecule has 1 rings (SSSR count). The van der Waals surface area contributed by atoms with E-state index in [0.29, 0.717) is 10.5 Å². The summed E-state index contributed by atoms with van der Waals surface area (Å²) in [5, 5.41) is -0.369.